The largest absolute Gasteiger partial charge is 0.497 e. The topological polar surface area (TPSA) is 75.6 Å². The summed E-state index contributed by atoms with van der Waals surface area (Å²) in [6.07, 6.45) is 1.91. The van der Waals surface area contributed by atoms with E-state index in [2.05, 4.69) is 12.2 Å². The Labute approximate surface area is 154 Å². The zero-order valence-corrected chi connectivity index (χ0v) is 15.2. The molecule has 0 radical (unpaired) electrons. The van der Waals surface area contributed by atoms with Gasteiger partial charge in [-0.3, -0.25) is 4.79 Å². The van der Waals surface area contributed by atoms with Crippen molar-refractivity contribution in [2.75, 3.05) is 13.7 Å². The molecular weight excluding hydrogens is 330 g/mol. The number of rotatable bonds is 9. The third-order valence-corrected chi connectivity index (χ3v) is 4.42. The molecule has 1 unspecified atom stereocenters. The molecule has 5 nitrogen and oxygen atoms in total. The molecule has 0 aliphatic carbocycles. The number of hydrogen-bond donors (Lipinski definition) is 2. The second kappa shape index (κ2) is 9.61. The molecule has 2 aromatic carbocycles. The fourth-order valence-corrected chi connectivity index (χ4v) is 2.88. The van der Waals surface area contributed by atoms with Crippen LogP contribution in [0.15, 0.2) is 48.5 Å². The number of aromatic carboxylic acids is 1. The fraction of sp³-hybridized carbons (Fsp3) is 0.333. The van der Waals surface area contributed by atoms with Crippen LogP contribution in [0.2, 0.25) is 0 Å². The smallest absolute Gasteiger partial charge is 0.335 e. The van der Waals surface area contributed by atoms with E-state index in [1.165, 1.54) is 0 Å². The lowest BCUT2D eigenvalue weighted by atomic mass is 9.93. The standard InChI is InChI=1S/C21H25NO4/c1-3-16(17-7-9-19(26-2)10-8-17)14-20(23)22-12-11-15-5-4-6-18(13-15)21(24)25/h4-10,13,16H,3,11-12,14H2,1-2H3,(H,22,23)(H,24,25). The minimum absolute atomic E-state index is 0.00190. The van der Waals surface area contributed by atoms with Crippen LogP contribution in [0.25, 0.3) is 0 Å². The van der Waals surface area contributed by atoms with Crippen molar-refractivity contribution >= 4 is 11.9 Å². The molecule has 2 rings (SSSR count). The van der Waals surface area contributed by atoms with Crippen LogP contribution >= 0.6 is 0 Å². The van der Waals surface area contributed by atoms with Gasteiger partial charge in [-0.25, -0.2) is 4.79 Å². The van der Waals surface area contributed by atoms with Gasteiger partial charge in [0.25, 0.3) is 0 Å². The zero-order chi connectivity index (χ0) is 18.9. The van der Waals surface area contributed by atoms with Crippen molar-refractivity contribution in [3.05, 3.63) is 65.2 Å². The highest BCUT2D eigenvalue weighted by Crippen LogP contribution is 2.25. The summed E-state index contributed by atoms with van der Waals surface area (Å²) in [5.41, 5.74) is 2.28. The van der Waals surface area contributed by atoms with Crippen molar-refractivity contribution in [3.8, 4) is 5.75 Å². The molecule has 0 aliphatic rings. The van der Waals surface area contributed by atoms with Gasteiger partial charge in [-0.1, -0.05) is 31.2 Å². The van der Waals surface area contributed by atoms with Crippen LogP contribution in [0.3, 0.4) is 0 Å². The molecule has 0 spiro atoms. The average Bonchev–Trinajstić information content (AvgIpc) is 2.66. The molecule has 0 fully saturated rings. The van der Waals surface area contributed by atoms with Crippen LogP contribution < -0.4 is 10.1 Å². The molecule has 0 bridgehead atoms. The molecule has 2 N–H and O–H groups in total. The third kappa shape index (κ3) is 5.62. The van der Waals surface area contributed by atoms with Crippen molar-refractivity contribution in [3.63, 3.8) is 0 Å². The van der Waals surface area contributed by atoms with Crippen molar-refractivity contribution < 1.29 is 19.4 Å². The van der Waals surface area contributed by atoms with Crippen molar-refractivity contribution in [1.82, 2.24) is 5.32 Å². The number of carboxylic acid groups (broad SMARTS) is 1. The maximum absolute atomic E-state index is 12.2. The van der Waals surface area contributed by atoms with Gasteiger partial charge in [0.2, 0.25) is 5.91 Å². The number of carboxylic acids is 1. The number of nitrogens with one attached hydrogen (secondary N) is 1. The Morgan fingerprint density at radius 1 is 1.15 bits per heavy atom. The van der Waals surface area contributed by atoms with E-state index in [4.69, 9.17) is 9.84 Å². The van der Waals surface area contributed by atoms with E-state index in [0.717, 1.165) is 23.3 Å². The second-order valence-electron chi connectivity index (χ2n) is 6.19. The Morgan fingerprint density at radius 2 is 1.88 bits per heavy atom. The number of amides is 1. The quantitative estimate of drug-likeness (QED) is 0.720. The van der Waals surface area contributed by atoms with E-state index >= 15 is 0 Å². The van der Waals surface area contributed by atoms with E-state index in [1.54, 1.807) is 25.3 Å². The number of hydrogen-bond acceptors (Lipinski definition) is 3. The first-order valence-corrected chi connectivity index (χ1v) is 8.76. The molecular formula is C21H25NO4. The zero-order valence-electron chi connectivity index (χ0n) is 15.2. The van der Waals surface area contributed by atoms with Gasteiger partial charge in [0.05, 0.1) is 12.7 Å². The monoisotopic (exact) mass is 355 g/mol. The normalized spacial score (nSPS) is 11.6. The van der Waals surface area contributed by atoms with Gasteiger partial charge in [-0.15, -0.1) is 0 Å². The molecule has 26 heavy (non-hydrogen) atoms. The first kappa shape index (κ1) is 19.5. The summed E-state index contributed by atoms with van der Waals surface area (Å²) in [7, 11) is 1.63. The van der Waals surface area contributed by atoms with E-state index < -0.39 is 5.97 Å². The van der Waals surface area contributed by atoms with Crippen molar-refractivity contribution in [2.45, 2.75) is 32.1 Å². The van der Waals surface area contributed by atoms with Gasteiger partial charge in [-0.05, 0) is 54.2 Å². The van der Waals surface area contributed by atoms with Gasteiger partial charge in [0, 0.05) is 13.0 Å². The first-order valence-electron chi connectivity index (χ1n) is 8.76. The summed E-state index contributed by atoms with van der Waals surface area (Å²) >= 11 is 0. The van der Waals surface area contributed by atoms with Gasteiger partial charge in [0.1, 0.15) is 5.75 Å². The van der Waals surface area contributed by atoms with Gasteiger partial charge < -0.3 is 15.2 Å². The number of ether oxygens (including phenoxy) is 1. The minimum atomic E-state index is -0.943. The van der Waals surface area contributed by atoms with Crippen LogP contribution in [-0.2, 0) is 11.2 Å². The Hall–Kier alpha value is -2.82. The van der Waals surface area contributed by atoms with Gasteiger partial charge in [-0.2, -0.15) is 0 Å². The Kier molecular flexibility index (Phi) is 7.21. The molecule has 1 atom stereocenters. The van der Waals surface area contributed by atoms with Crippen LogP contribution in [0.4, 0.5) is 0 Å². The predicted octanol–water partition coefficient (Wildman–Crippen LogP) is 3.64. The molecule has 1 amide bonds. The molecule has 0 saturated heterocycles. The van der Waals surface area contributed by atoms with Gasteiger partial charge >= 0.3 is 5.97 Å². The summed E-state index contributed by atoms with van der Waals surface area (Å²) in [6, 6.07) is 14.6. The number of carbonyl (C=O) groups is 2. The average molecular weight is 355 g/mol. The maximum atomic E-state index is 12.2. The Morgan fingerprint density at radius 3 is 2.50 bits per heavy atom. The molecule has 0 aromatic heterocycles. The molecule has 0 saturated carbocycles. The lowest BCUT2D eigenvalue weighted by molar-refractivity contribution is -0.121. The fourth-order valence-electron chi connectivity index (χ4n) is 2.88. The maximum Gasteiger partial charge on any atom is 0.335 e. The highest BCUT2D eigenvalue weighted by Gasteiger charge is 2.14. The first-order chi connectivity index (χ1) is 12.5. The highest BCUT2D eigenvalue weighted by atomic mass is 16.5. The summed E-state index contributed by atoms with van der Waals surface area (Å²) in [5, 5.41) is 11.9. The molecule has 0 heterocycles. The highest BCUT2D eigenvalue weighted by molar-refractivity contribution is 5.87. The van der Waals surface area contributed by atoms with Crippen molar-refractivity contribution in [2.24, 2.45) is 0 Å². The Bertz CT molecular complexity index is 740. The van der Waals surface area contributed by atoms with E-state index in [9.17, 15) is 9.59 Å². The summed E-state index contributed by atoms with van der Waals surface area (Å²) in [4.78, 5) is 23.2. The van der Waals surface area contributed by atoms with Crippen LogP contribution in [-0.4, -0.2) is 30.6 Å². The molecule has 5 heteroatoms. The predicted molar refractivity (Wildman–Crippen MR) is 101 cm³/mol. The number of methoxy groups -OCH3 is 1. The van der Waals surface area contributed by atoms with Crippen LogP contribution in [0.5, 0.6) is 5.75 Å². The minimum Gasteiger partial charge on any atom is -0.497 e. The lowest BCUT2D eigenvalue weighted by Gasteiger charge is -2.15. The van der Waals surface area contributed by atoms with Crippen LogP contribution in [0, 0.1) is 0 Å². The number of carbonyl (C=O) groups excluding carboxylic acids is 1. The third-order valence-electron chi connectivity index (χ3n) is 4.42. The van der Waals surface area contributed by atoms with E-state index in [0.29, 0.717) is 19.4 Å². The Balaban J connectivity index is 1.84. The SMILES string of the molecule is CCC(CC(=O)NCCc1cccc(C(=O)O)c1)c1ccc(OC)cc1. The van der Waals surface area contributed by atoms with Gasteiger partial charge in [0.15, 0.2) is 0 Å². The second-order valence-corrected chi connectivity index (χ2v) is 6.19. The molecule has 0 aliphatic heterocycles. The summed E-state index contributed by atoms with van der Waals surface area (Å²) < 4.78 is 5.17. The van der Waals surface area contributed by atoms with Crippen LogP contribution in [0.1, 0.15) is 47.2 Å². The number of benzene rings is 2. The summed E-state index contributed by atoms with van der Waals surface area (Å²) in [5.74, 6) is 0.0242. The molecule has 138 valence electrons. The van der Waals surface area contributed by atoms with E-state index in [-0.39, 0.29) is 17.4 Å². The van der Waals surface area contributed by atoms with Crippen molar-refractivity contribution in [1.29, 1.82) is 0 Å². The summed E-state index contributed by atoms with van der Waals surface area (Å²) in [6.45, 7) is 2.56. The van der Waals surface area contributed by atoms with E-state index in [1.807, 2.05) is 30.3 Å². The lowest BCUT2D eigenvalue weighted by Crippen LogP contribution is -2.27. The molecule has 2 aromatic rings.